The van der Waals surface area contributed by atoms with E-state index in [0.717, 1.165) is 12.0 Å². The molecule has 0 saturated heterocycles. The Labute approximate surface area is 116 Å². The first-order chi connectivity index (χ1) is 9.61. The van der Waals surface area contributed by atoms with Gasteiger partial charge in [-0.25, -0.2) is 9.97 Å². The fourth-order valence-electron chi connectivity index (χ4n) is 1.75. The lowest BCUT2D eigenvalue weighted by molar-refractivity contribution is 0.0995. The smallest absolute Gasteiger partial charge is 0.267 e. The van der Waals surface area contributed by atoms with Gasteiger partial charge in [0, 0.05) is 5.56 Å². The molecule has 0 spiro atoms. The van der Waals surface area contributed by atoms with Crippen molar-refractivity contribution in [3.8, 4) is 17.0 Å². The topological polar surface area (TPSA) is 104 Å². The average Bonchev–Trinajstić information content (AvgIpc) is 2.44. The zero-order valence-electron chi connectivity index (χ0n) is 11.2. The van der Waals surface area contributed by atoms with Crippen LogP contribution in [0.3, 0.4) is 0 Å². The molecule has 1 aromatic heterocycles. The lowest BCUT2D eigenvalue weighted by atomic mass is 10.1. The van der Waals surface area contributed by atoms with Crippen LogP contribution in [0.1, 0.15) is 23.8 Å². The molecule has 0 saturated carbocycles. The molecule has 2 rings (SSSR count). The molecule has 1 amide bonds. The predicted octanol–water partition coefficient (Wildman–Crippen LogP) is 1.61. The fourth-order valence-corrected chi connectivity index (χ4v) is 1.75. The van der Waals surface area contributed by atoms with Crippen molar-refractivity contribution in [1.82, 2.24) is 9.97 Å². The Morgan fingerprint density at radius 3 is 2.75 bits per heavy atom. The Kier molecular flexibility index (Phi) is 4.14. The Balaban J connectivity index is 2.48. The summed E-state index contributed by atoms with van der Waals surface area (Å²) in [5.41, 5.74) is 12.2. The minimum absolute atomic E-state index is 0.00148. The highest BCUT2D eigenvalue weighted by molar-refractivity contribution is 5.92. The van der Waals surface area contributed by atoms with Gasteiger partial charge in [0.1, 0.15) is 11.4 Å². The van der Waals surface area contributed by atoms with Gasteiger partial charge in [0.25, 0.3) is 5.91 Å². The molecule has 1 aromatic carbocycles. The zero-order valence-corrected chi connectivity index (χ0v) is 11.2. The Hall–Kier alpha value is -2.63. The molecule has 0 atom stereocenters. The molecule has 0 fully saturated rings. The lowest BCUT2D eigenvalue weighted by Crippen LogP contribution is -2.15. The van der Waals surface area contributed by atoms with Crippen molar-refractivity contribution >= 4 is 11.9 Å². The highest BCUT2D eigenvalue weighted by atomic mass is 16.5. The summed E-state index contributed by atoms with van der Waals surface area (Å²) in [5, 5.41) is 0. The van der Waals surface area contributed by atoms with Crippen LogP contribution in [0.2, 0.25) is 0 Å². The van der Waals surface area contributed by atoms with Gasteiger partial charge in [0.2, 0.25) is 5.95 Å². The molecule has 6 heteroatoms. The number of hydrogen-bond acceptors (Lipinski definition) is 5. The largest absolute Gasteiger partial charge is 0.493 e. The molecule has 2 aromatic rings. The molecular formula is C14H16N4O2. The molecule has 0 aliphatic heterocycles. The van der Waals surface area contributed by atoms with Gasteiger partial charge in [-0.05, 0) is 24.6 Å². The molecule has 6 nitrogen and oxygen atoms in total. The van der Waals surface area contributed by atoms with Crippen molar-refractivity contribution < 1.29 is 9.53 Å². The SMILES string of the molecule is CCCOc1ccccc1-c1cc(C(N)=O)nc(N)n1. The minimum atomic E-state index is -0.646. The number of benzene rings is 1. The Morgan fingerprint density at radius 2 is 2.05 bits per heavy atom. The zero-order chi connectivity index (χ0) is 14.5. The summed E-state index contributed by atoms with van der Waals surface area (Å²) in [6.45, 7) is 2.62. The van der Waals surface area contributed by atoms with Gasteiger partial charge in [0.15, 0.2) is 0 Å². The first kappa shape index (κ1) is 13.8. The standard InChI is InChI=1S/C14H16N4O2/c1-2-7-20-12-6-4-3-5-9(12)10-8-11(13(15)19)18-14(16)17-10/h3-6,8H,2,7H2,1H3,(H2,15,19)(H2,16,17,18). The summed E-state index contributed by atoms with van der Waals surface area (Å²) in [4.78, 5) is 19.2. The van der Waals surface area contributed by atoms with E-state index in [9.17, 15) is 4.79 Å². The number of nitrogen functional groups attached to an aromatic ring is 1. The normalized spacial score (nSPS) is 10.2. The van der Waals surface area contributed by atoms with Crippen LogP contribution in [-0.4, -0.2) is 22.5 Å². The number of carbonyl (C=O) groups excluding carboxylic acids is 1. The number of ether oxygens (including phenoxy) is 1. The summed E-state index contributed by atoms with van der Waals surface area (Å²) < 4.78 is 5.66. The number of amides is 1. The summed E-state index contributed by atoms with van der Waals surface area (Å²) in [6.07, 6.45) is 0.896. The number of hydrogen-bond donors (Lipinski definition) is 2. The Morgan fingerprint density at radius 1 is 1.30 bits per heavy atom. The third-order valence-electron chi connectivity index (χ3n) is 2.62. The van der Waals surface area contributed by atoms with Crippen molar-refractivity contribution in [3.05, 3.63) is 36.0 Å². The fraction of sp³-hybridized carbons (Fsp3) is 0.214. The van der Waals surface area contributed by atoms with E-state index < -0.39 is 5.91 Å². The van der Waals surface area contributed by atoms with E-state index in [4.69, 9.17) is 16.2 Å². The second-order valence-corrected chi connectivity index (χ2v) is 4.21. The summed E-state index contributed by atoms with van der Waals surface area (Å²) in [5.74, 6) is 0.0387. The minimum Gasteiger partial charge on any atom is -0.493 e. The highest BCUT2D eigenvalue weighted by Crippen LogP contribution is 2.29. The number of nitrogens with two attached hydrogens (primary N) is 2. The molecule has 1 heterocycles. The molecule has 104 valence electrons. The number of aromatic nitrogens is 2. The summed E-state index contributed by atoms with van der Waals surface area (Å²) in [6, 6.07) is 8.92. The van der Waals surface area contributed by atoms with Crippen molar-refractivity contribution in [2.24, 2.45) is 5.73 Å². The maximum absolute atomic E-state index is 11.2. The van der Waals surface area contributed by atoms with Crippen molar-refractivity contribution in [2.45, 2.75) is 13.3 Å². The van der Waals surface area contributed by atoms with Crippen molar-refractivity contribution in [3.63, 3.8) is 0 Å². The van der Waals surface area contributed by atoms with Crippen molar-refractivity contribution in [1.29, 1.82) is 0 Å². The van der Waals surface area contributed by atoms with Crippen LogP contribution in [-0.2, 0) is 0 Å². The van der Waals surface area contributed by atoms with Gasteiger partial charge in [-0.15, -0.1) is 0 Å². The number of nitrogens with zero attached hydrogens (tertiary/aromatic N) is 2. The van der Waals surface area contributed by atoms with E-state index >= 15 is 0 Å². The van der Waals surface area contributed by atoms with Gasteiger partial charge in [-0.2, -0.15) is 0 Å². The van der Waals surface area contributed by atoms with Crippen molar-refractivity contribution in [2.75, 3.05) is 12.3 Å². The van der Waals surface area contributed by atoms with E-state index in [1.165, 1.54) is 6.07 Å². The maximum atomic E-state index is 11.2. The average molecular weight is 272 g/mol. The van der Waals surface area contributed by atoms with Crippen LogP contribution in [0.15, 0.2) is 30.3 Å². The van der Waals surface area contributed by atoms with Gasteiger partial charge in [0.05, 0.1) is 12.3 Å². The predicted molar refractivity (Wildman–Crippen MR) is 76.2 cm³/mol. The maximum Gasteiger partial charge on any atom is 0.267 e. The molecule has 4 N–H and O–H groups in total. The van der Waals surface area contributed by atoms with E-state index in [-0.39, 0.29) is 11.6 Å². The van der Waals surface area contributed by atoms with Crippen LogP contribution in [0.5, 0.6) is 5.75 Å². The van der Waals surface area contributed by atoms with Crippen LogP contribution in [0, 0.1) is 0 Å². The van der Waals surface area contributed by atoms with E-state index in [0.29, 0.717) is 18.1 Å². The van der Waals surface area contributed by atoms with Crippen LogP contribution in [0.25, 0.3) is 11.3 Å². The van der Waals surface area contributed by atoms with Crippen LogP contribution < -0.4 is 16.2 Å². The van der Waals surface area contributed by atoms with E-state index in [2.05, 4.69) is 9.97 Å². The quantitative estimate of drug-likeness (QED) is 0.860. The summed E-state index contributed by atoms with van der Waals surface area (Å²) in [7, 11) is 0. The second-order valence-electron chi connectivity index (χ2n) is 4.21. The van der Waals surface area contributed by atoms with Gasteiger partial charge in [-0.3, -0.25) is 4.79 Å². The lowest BCUT2D eigenvalue weighted by Gasteiger charge is -2.11. The number of anilines is 1. The van der Waals surface area contributed by atoms with Gasteiger partial charge < -0.3 is 16.2 Å². The molecule has 0 aliphatic carbocycles. The van der Waals surface area contributed by atoms with E-state index in [1.54, 1.807) is 0 Å². The number of rotatable bonds is 5. The molecule has 20 heavy (non-hydrogen) atoms. The monoisotopic (exact) mass is 272 g/mol. The van der Waals surface area contributed by atoms with Gasteiger partial charge >= 0.3 is 0 Å². The third kappa shape index (κ3) is 3.03. The molecule has 0 bridgehead atoms. The molecular weight excluding hydrogens is 256 g/mol. The molecule has 0 aliphatic rings. The van der Waals surface area contributed by atoms with E-state index in [1.807, 2.05) is 31.2 Å². The first-order valence-corrected chi connectivity index (χ1v) is 6.28. The number of primary amides is 1. The van der Waals surface area contributed by atoms with Crippen LogP contribution >= 0.6 is 0 Å². The highest BCUT2D eigenvalue weighted by Gasteiger charge is 2.12. The van der Waals surface area contributed by atoms with Crippen LogP contribution in [0.4, 0.5) is 5.95 Å². The third-order valence-corrected chi connectivity index (χ3v) is 2.62. The van der Waals surface area contributed by atoms with Gasteiger partial charge in [-0.1, -0.05) is 19.1 Å². The first-order valence-electron chi connectivity index (χ1n) is 6.28. The number of para-hydroxylation sites is 1. The molecule has 0 unspecified atom stereocenters. The second kappa shape index (κ2) is 6.01. The molecule has 0 radical (unpaired) electrons. The summed E-state index contributed by atoms with van der Waals surface area (Å²) >= 11 is 0. The number of carbonyl (C=O) groups is 1. The Bertz CT molecular complexity index is 628.